The molecule has 4 rings (SSSR count). The van der Waals surface area contributed by atoms with Crippen LogP contribution in [-0.2, 0) is 18.9 Å². The van der Waals surface area contributed by atoms with Crippen molar-refractivity contribution in [3.63, 3.8) is 0 Å². The van der Waals surface area contributed by atoms with Crippen LogP contribution in [0, 0.1) is 5.41 Å². The second-order valence-corrected chi connectivity index (χ2v) is 9.10. The minimum Gasteiger partial charge on any atom is -0.459 e. The Labute approximate surface area is 217 Å². The smallest absolute Gasteiger partial charge is 0.338 e. The highest BCUT2D eigenvalue weighted by Crippen LogP contribution is 2.34. The van der Waals surface area contributed by atoms with E-state index < -0.39 is 41.7 Å². The molecule has 0 bridgehead atoms. The van der Waals surface area contributed by atoms with E-state index in [2.05, 4.69) is 0 Å². The summed E-state index contributed by atoms with van der Waals surface area (Å²) in [6, 6.07) is 24.9. The highest BCUT2D eigenvalue weighted by molar-refractivity contribution is 8.14. The van der Waals surface area contributed by atoms with Gasteiger partial charge in [0.25, 0.3) is 0 Å². The highest BCUT2D eigenvalue weighted by Gasteiger charge is 2.51. The van der Waals surface area contributed by atoms with Crippen LogP contribution in [0.2, 0.25) is 0 Å². The Morgan fingerprint density at radius 1 is 0.730 bits per heavy atom. The number of nitrogens with two attached hydrogens (primary N) is 1. The normalized spacial score (nSPS) is 20.5. The molecule has 1 saturated heterocycles. The van der Waals surface area contributed by atoms with Crippen LogP contribution in [0.4, 0.5) is 0 Å². The monoisotopic (exact) mass is 520 g/mol. The maximum Gasteiger partial charge on any atom is 0.338 e. The number of thioether (sulfide) groups is 1. The number of carbonyl (C=O) groups excluding carboxylic acids is 3. The summed E-state index contributed by atoms with van der Waals surface area (Å²) < 4.78 is 22.9. The quantitative estimate of drug-likeness (QED) is 0.197. The number of hydrogen-bond acceptors (Lipinski definition) is 9. The number of rotatable bonds is 8. The van der Waals surface area contributed by atoms with Gasteiger partial charge in [-0.2, -0.15) is 0 Å². The van der Waals surface area contributed by atoms with E-state index in [1.54, 1.807) is 91.0 Å². The van der Waals surface area contributed by atoms with Crippen LogP contribution in [0.5, 0.6) is 0 Å². The first-order chi connectivity index (χ1) is 17.9. The molecule has 4 atom stereocenters. The van der Waals surface area contributed by atoms with Crippen molar-refractivity contribution in [2.24, 2.45) is 5.73 Å². The Balaban J connectivity index is 1.58. The largest absolute Gasteiger partial charge is 0.459 e. The molecule has 0 spiro atoms. The fraction of sp³-hybridized carbons (Fsp3) is 0.185. The minimum atomic E-state index is -1.15. The molecule has 0 saturated carbocycles. The molecule has 1 aliphatic heterocycles. The Bertz CT molecular complexity index is 1240. The van der Waals surface area contributed by atoms with Crippen LogP contribution in [0.3, 0.4) is 0 Å². The minimum absolute atomic E-state index is 0.276. The van der Waals surface area contributed by atoms with E-state index >= 15 is 0 Å². The summed E-state index contributed by atoms with van der Waals surface area (Å²) in [6.45, 7) is -0.297. The van der Waals surface area contributed by atoms with E-state index in [0.29, 0.717) is 5.56 Å². The van der Waals surface area contributed by atoms with Crippen molar-refractivity contribution in [3.8, 4) is 0 Å². The van der Waals surface area contributed by atoms with Gasteiger partial charge in [0, 0.05) is 0 Å². The second-order valence-electron chi connectivity index (χ2n) is 7.96. The van der Waals surface area contributed by atoms with E-state index in [0.717, 1.165) is 11.8 Å². The van der Waals surface area contributed by atoms with Crippen molar-refractivity contribution in [2.75, 3.05) is 6.61 Å². The van der Waals surface area contributed by atoms with E-state index in [1.165, 1.54) is 0 Å². The SMILES string of the molecule is N=C(N)S[C@@H]1O[C@H](COC(=O)c2ccccc2)[C@H](OC(=O)c2ccccc2)[C@H]1OC(=O)c1ccccc1. The lowest BCUT2D eigenvalue weighted by Crippen LogP contribution is -2.41. The Morgan fingerprint density at radius 2 is 1.16 bits per heavy atom. The number of esters is 3. The summed E-state index contributed by atoms with van der Waals surface area (Å²) >= 11 is 0.798. The number of benzene rings is 3. The fourth-order valence-electron chi connectivity index (χ4n) is 3.66. The average molecular weight is 521 g/mol. The third kappa shape index (κ3) is 6.75. The topological polar surface area (TPSA) is 138 Å². The number of hydrogen-bond donors (Lipinski definition) is 2. The number of amidine groups is 1. The zero-order chi connectivity index (χ0) is 26.2. The first-order valence-corrected chi connectivity index (χ1v) is 12.2. The molecular weight excluding hydrogens is 496 g/mol. The van der Waals surface area contributed by atoms with Crippen LogP contribution in [0.1, 0.15) is 31.1 Å². The fourth-order valence-corrected chi connectivity index (χ4v) is 4.45. The number of ether oxygens (including phenoxy) is 4. The van der Waals surface area contributed by atoms with Crippen molar-refractivity contribution in [2.45, 2.75) is 23.7 Å². The molecule has 0 aromatic heterocycles. The zero-order valence-electron chi connectivity index (χ0n) is 19.5. The van der Waals surface area contributed by atoms with Crippen LogP contribution < -0.4 is 5.73 Å². The van der Waals surface area contributed by atoms with Crippen molar-refractivity contribution < 1.29 is 33.3 Å². The van der Waals surface area contributed by atoms with Gasteiger partial charge in [-0.1, -0.05) is 66.4 Å². The third-order valence-corrected chi connectivity index (χ3v) is 6.27. The Morgan fingerprint density at radius 3 is 1.62 bits per heavy atom. The molecule has 3 N–H and O–H groups in total. The van der Waals surface area contributed by atoms with Crippen LogP contribution in [-0.4, -0.2) is 53.4 Å². The molecule has 0 unspecified atom stereocenters. The van der Waals surface area contributed by atoms with E-state index in [9.17, 15) is 14.4 Å². The van der Waals surface area contributed by atoms with Crippen molar-refractivity contribution in [3.05, 3.63) is 108 Å². The van der Waals surface area contributed by atoms with Crippen molar-refractivity contribution in [1.29, 1.82) is 5.41 Å². The number of nitrogens with one attached hydrogen (secondary N) is 1. The molecule has 0 radical (unpaired) electrons. The first kappa shape index (κ1) is 25.9. The molecule has 1 aliphatic rings. The van der Waals surface area contributed by atoms with Crippen LogP contribution >= 0.6 is 11.8 Å². The summed E-state index contributed by atoms with van der Waals surface area (Å²) in [5, 5.41) is 7.42. The van der Waals surface area contributed by atoms with Gasteiger partial charge in [-0.15, -0.1) is 0 Å². The molecule has 3 aromatic rings. The van der Waals surface area contributed by atoms with E-state index in [-0.39, 0.29) is 22.9 Å². The van der Waals surface area contributed by atoms with Crippen molar-refractivity contribution in [1.82, 2.24) is 0 Å². The van der Waals surface area contributed by atoms with E-state index in [4.69, 9.17) is 30.1 Å². The molecule has 1 fully saturated rings. The molecule has 1 heterocycles. The summed E-state index contributed by atoms with van der Waals surface area (Å²) in [5.74, 6) is -1.95. The maximum absolute atomic E-state index is 12.9. The lowest BCUT2D eigenvalue weighted by molar-refractivity contribution is -0.0435. The number of carbonyl (C=O) groups is 3. The van der Waals surface area contributed by atoms with Crippen LogP contribution in [0.25, 0.3) is 0 Å². The van der Waals surface area contributed by atoms with Gasteiger partial charge >= 0.3 is 17.9 Å². The Kier molecular flexibility index (Phi) is 8.55. The van der Waals surface area contributed by atoms with Gasteiger partial charge in [0.15, 0.2) is 22.8 Å². The predicted molar refractivity (Wildman–Crippen MR) is 136 cm³/mol. The van der Waals surface area contributed by atoms with Gasteiger partial charge < -0.3 is 24.7 Å². The molecule has 37 heavy (non-hydrogen) atoms. The van der Waals surface area contributed by atoms with Gasteiger partial charge in [0.1, 0.15) is 12.7 Å². The maximum atomic E-state index is 12.9. The summed E-state index contributed by atoms with van der Waals surface area (Å²) in [7, 11) is 0. The lowest BCUT2D eigenvalue weighted by atomic mass is 10.1. The molecule has 9 nitrogen and oxygen atoms in total. The van der Waals surface area contributed by atoms with Crippen molar-refractivity contribution >= 4 is 34.8 Å². The molecule has 3 aromatic carbocycles. The average Bonchev–Trinajstić information content (AvgIpc) is 3.23. The zero-order valence-corrected chi connectivity index (χ0v) is 20.3. The lowest BCUT2D eigenvalue weighted by Gasteiger charge is -2.24. The second kappa shape index (κ2) is 12.2. The standard InChI is InChI=1S/C27H24N2O7S/c28-27(29)37-26-22(36-25(32)19-14-8-3-9-15-19)21(35-24(31)18-12-6-2-7-13-18)20(34-26)16-33-23(30)17-10-4-1-5-11-17/h1-15,20-22,26H,16H2,(H3,28,29)/t20-,21+,22-,26+/m1/s1. The van der Waals surface area contributed by atoms with Gasteiger partial charge in [-0.05, 0) is 36.4 Å². The highest BCUT2D eigenvalue weighted by atomic mass is 32.2. The molecule has 10 heteroatoms. The summed E-state index contributed by atoms with van der Waals surface area (Å²) in [4.78, 5) is 38.4. The van der Waals surface area contributed by atoms with Gasteiger partial charge in [-0.25, -0.2) is 14.4 Å². The molecule has 0 aliphatic carbocycles. The van der Waals surface area contributed by atoms with Gasteiger partial charge in [-0.3, -0.25) is 5.41 Å². The van der Waals surface area contributed by atoms with Crippen LogP contribution in [0.15, 0.2) is 91.0 Å². The summed E-state index contributed by atoms with van der Waals surface area (Å²) in [6.07, 6.45) is -3.29. The van der Waals surface area contributed by atoms with Gasteiger partial charge in [0.2, 0.25) is 0 Å². The molecule has 190 valence electrons. The Hall–Kier alpha value is -4.15. The summed E-state index contributed by atoms with van der Waals surface area (Å²) in [5.41, 5.74) is 5.49. The molecular formula is C27H24N2O7S. The molecule has 0 amide bonds. The van der Waals surface area contributed by atoms with Gasteiger partial charge in [0.05, 0.1) is 16.7 Å². The predicted octanol–water partition coefficient (Wildman–Crippen LogP) is 3.65. The van der Waals surface area contributed by atoms with E-state index in [1.807, 2.05) is 0 Å². The first-order valence-electron chi connectivity index (χ1n) is 11.3. The third-order valence-electron chi connectivity index (χ3n) is 5.40.